The SMILES string of the molecule is CC(C)(CCNc1ccccc1NS(C)(=O)=O)NC(=O)OC(C)(C)C. The van der Waals surface area contributed by atoms with Crippen molar-refractivity contribution in [2.75, 3.05) is 22.8 Å². The molecular weight excluding hydrogens is 342 g/mol. The highest BCUT2D eigenvalue weighted by molar-refractivity contribution is 7.92. The second-order valence-corrected chi connectivity index (χ2v) is 9.36. The third-order valence-corrected chi connectivity index (χ3v) is 3.72. The average Bonchev–Trinajstić information content (AvgIpc) is 2.35. The van der Waals surface area contributed by atoms with Crippen LogP contribution >= 0.6 is 0 Å². The van der Waals surface area contributed by atoms with Crippen molar-refractivity contribution in [1.29, 1.82) is 0 Å². The summed E-state index contributed by atoms with van der Waals surface area (Å²) in [5.74, 6) is 0. The van der Waals surface area contributed by atoms with Crippen molar-refractivity contribution < 1.29 is 17.9 Å². The van der Waals surface area contributed by atoms with Crippen molar-refractivity contribution in [3.63, 3.8) is 0 Å². The van der Waals surface area contributed by atoms with Crippen LogP contribution in [0.1, 0.15) is 41.0 Å². The molecule has 0 saturated heterocycles. The van der Waals surface area contributed by atoms with Gasteiger partial charge >= 0.3 is 6.09 Å². The molecule has 1 rings (SSSR count). The number of sulfonamides is 1. The number of rotatable bonds is 7. The zero-order valence-electron chi connectivity index (χ0n) is 15.8. The number of amides is 1. The van der Waals surface area contributed by atoms with Gasteiger partial charge in [0.2, 0.25) is 10.0 Å². The van der Waals surface area contributed by atoms with E-state index in [1.165, 1.54) is 0 Å². The van der Waals surface area contributed by atoms with Crippen molar-refractivity contribution in [1.82, 2.24) is 5.32 Å². The minimum atomic E-state index is -3.35. The predicted octanol–water partition coefficient (Wildman–Crippen LogP) is 3.16. The van der Waals surface area contributed by atoms with E-state index in [4.69, 9.17) is 4.74 Å². The quantitative estimate of drug-likeness (QED) is 0.684. The van der Waals surface area contributed by atoms with E-state index in [0.29, 0.717) is 24.3 Å². The molecule has 3 N–H and O–H groups in total. The number of ether oxygens (including phenoxy) is 1. The van der Waals surface area contributed by atoms with E-state index in [0.717, 1.165) is 6.26 Å². The van der Waals surface area contributed by atoms with Crippen molar-refractivity contribution in [3.05, 3.63) is 24.3 Å². The second kappa shape index (κ2) is 7.95. The summed E-state index contributed by atoms with van der Waals surface area (Å²) in [6.45, 7) is 9.79. The van der Waals surface area contributed by atoms with E-state index in [2.05, 4.69) is 15.4 Å². The number of nitrogens with one attached hydrogen (secondary N) is 3. The third kappa shape index (κ3) is 9.19. The zero-order chi connectivity index (χ0) is 19.3. The Bertz CT molecular complexity index is 694. The van der Waals surface area contributed by atoms with Gasteiger partial charge in [0.15, 0.2) is 0 Å². The van der Waals surface area contributed by atoms with Crippen LogP contribution in [0.3, 0.4) is 0 Å². The van der Waals surface area contributed by atoms with Crippen molar-refractivity contribution in [3.8, 4) is 0 Å². The van der Waals surface area contributed by atoms with Gasteiger partial charge in [0.1, 0.15) is 5.60 Å². The highest BCUT2D eigenvalue weighted by atomic mass is 32.2. The van der Waals surface area contributed by atoms with Crippen LogP contribution in [0.5, 0.6) is 0 Å². The topological polar surface area (TPSA) is 96.5 Å². The molecule has 0 heterocycles. The van der Waals surface area contributed by atoms with Crippen LogP contribution in [0.15, 0.2) is 24.3 Å². The molecule has 0 aliphatic rings. The van der Waals surface area contributed by atoms with Crippen LogP contribution in [0, 0.1) is 0 Å². The molecule has 1 aromatic rings. The molecule has 0 atom stereocenters. The third-order valence-electron chi connectivity index (χ3n) is 3.13. The van der Waals surface area contributed by atoms with Crippen LogP contribution in [-0.4, -0.2) is 38.5 Å². The van der Waals surface area contributed by atoms with Crippen LogP contribution in [-0.2, 0) is 14.8 Å². The Morgan fingerprint density at radius 1 is 1.08 bits per heavy atom. The smallest absolute Gasteiger partial charge is 0.408 e. The van der Waals surface area contributed by atoms with Gasteiger partial charge < -0.3 is 15.4 Å². The molecule has 25 heavy (non-hydrogen) atoms. The Morgan fingerprint density at radius 2 is 1.64 bits per heavy atom. The first-order chi connectivity index (χ1) is 11.3. The molecule has 0 saturated carbocycles. The Balaban J connectivity index is 2.60. The minimum Gasteiger partial charge on any atom is -0.444 e. The van der Waals surface area contributed by atoms with Crippen molar-refractivity contribution in [2.45, 2.75) is 52.2 Å². The Hall–Kier alpha value is -1.96. The number of anilines is 2. The second-order valence-electron chi connectivity index (χ2n) is 7.61. The highest BCUT2D eigenvalue weighted by Gasteiger charge is 2.24. The molecule has 0 bridgehead atoms. The van der Waals surface area contributed by atoms with E-state index in [9.17, 15) is 13.2 Å². The lowest BCUT2D eigenvalue weighted by Crippen LogP contribution is -2.46. The molecule has 0 spiro atoms. The van der Waals surface area contributed by atoms with E-state index in [1.807, 2.05) is 40.7 Å². The summed E-state index contributed by atoms with van der Waals surface area (Å²) >= 11 is 0. The minimum absolute atomic E-state index is 0.461. The summed E-state index contributed by atoms with van der Waals surface area (Å²) in [6.07, 6.45) is 1.27. The monoisotopic (exact) mass is 371 g/mol. The summed E-state index contributed by atoms with van der Waals surface area (Å²) in [6, 6.07) is 7.06. The maximum absolute atomic E-state index is 11.9. The summed E-state index contributed by atoms with van der Waals surface area (Å²) in [4.78, 5) is 11.9. The van der Waals surface area contributed by atoms with Gasteiger partial charge in [-0.3, -0.25) is 4.72 Å². The van der Waals surface area contributed by atoms with E-state index < -0.39 is 27.3 Å². The zero-order valence-corrected chi connectivity index (χ0v) is 16.6. The number of benzene rings is 1. The lowest BCUT2D eigenvalue weighted by molar-refractivity contribution is 0.0470. The van der Waals surface area contributed by atoms with E-state index in [-0.39, 0.29) is 0 Å². The molecule has 0 radical (unpaired) electrons. The number of hydrogen-bond acceptors (Lipinski definition) is 5. The fraction of sp³-hybridized carbons (Fsp3) is 0.588. The van der Waals surface area contributed by atoms with Gasteiger partial charge in [0.25, 0.3) is 0 Å². The Morgan fingerprint density at radius 3 is 2.16 bits per heavy atom. The van der Waals surface area contributed by atoms with Crippen LogP contribution in [0.25, 0.3) is 0 Å². The van der Waals surface area contributed by atoms with Gasteiger partial charge in [-0.15, -0.1) is 0 Å². The van der Waals surface area contributed by atoms with Gasteiger partial charge in [-0.1, -0.05) is 12.1 Å². The maximum atomic E-state index is 11.9. The lowest BCUT2D eigenvalue weighted by Gasteiger charge is -2.29. The first-order valence-corrected chi connectivity index (χ1v) is 9.98. The normalized spacial score (nSPS) is 12.4. The summed E-state index contributed by atoms with van der Waals surface area (Å²) in [7, 11) is -3.35. The molecule has 1 aromatic carbocycles. The summed E-state index contributed by atoms with van der Waals surface area (Å²) in [5.41, 5.74) is 0.146. The molecular formula is C17H29N3O4S. The largest absolute Gasteiger partial charge is 0.444 e. The van der Waals surface area contributed by atoms with Gasteiger partial charge in [-0.25, -0.2) is 13.2 Å². The van der Waals surface area contributed by atoms with E-state index >= 15 is 0 Å². The number of hydrogen-bond donors (Lipinski definition) is 3. The lowest BCUT2D eigenvalue weighted by atomic mass is 10.0. The van der Waals surface area contributed by atoms with Crippen LogP contribution < -0.4 is 15.4 Å². The van der Waals surface area contributed by atoms with Crippen molar-refractivity contribution in [2.24, 2.45) is 0 Å². The van der Waals surface area contributed by atoms with Gasteiger partial charge in [-0.2, -0.15) is 0 Å². The maximum Gasteiger partial charge on any atom is 0.408 e. The Labute approximate surface area is 150 Å². The number of alkyl carbamates (subject to hydrolysis) is 1. The summed E-state index contributed by atoms with van der Waals surface area (Å²) in [5, 5.41) is 6.03. The molecule has 1 amide bonds. The van der Waals surface area contributed by atoms with Crippen molar-refractivity contribution >= 4 is 27.5 Å². The molecule has 0 aromatic heterocycles. The van der Waals surface area contributed by atoms with Gasteiger partial charge in [0, 0.05) is 12.1 Å². The number of carbonyl (C=O) groups is 1. The fourth-order valence-electron chi connectivity index (χ4n) is 2.08. The molecule has 0 unspecified atom stereocenters. The molecule has 142 valence electrons. The first kappa shape index (κ1) is 21.1. The first-order valence-electron chi connectivity index (χ1n) is 8.09. The number of carbonyl (C=O) groups excluding carboxylic acids is 1. The van der Waals surface area contributed by atoms with Crippen LogP contribution in [0.4, 0.5) is 16.2 Å². The molecule has 7 nitrogen and oxygen atoms in total. The average molecular weight is 372 g/mol. The van der Waals surface area contributed by atoms with Gasteiger partial charge in [-0.05, 0) is 53.2 Å². The van der Waals surface area contributed by atoms with E-state index in [1.54, 1.807) is 18.2 Å². The Kier molecular flexibility index (Phi) is 6.70. The molecule has 0 aliphatic carbocycles. The fourth-order valence-corrected chi connectivity index (χ4v) is 2.66. The highest BCUT2D eigenvalue weighted by Crippen LogP contribution is 2.22. The molecule has 0 fully saturated rings. The standard InChI is InChI=1S/C17H29N3O4S/c1-16(2,3)24-15(21)19-17(4,5)11-12-18-13-9-7-8-10-14(13)20-25(6,22)23/h7-10,18,20H,11-12H2,1-6H3,(H,19,21). The van der Waals surface area contributed by atoms with Gasteiger partial charge in [0.05, 0.1) is 17.6 Å². The number of para-hydroxylation sites is 2. The molecule has 8 heteroatoms. The predicted molar refractivity (Wildman–Crippen MR) is 101 cm³/mol. The summed E-state index contributed by atoms with van der Waals surface area (Å²) < 4.78 is 30.6. The molecule has 0 aliphatic heterocycles. The van der Waals surface area contributed by atoms with Crippen LogP contribution in [0.2, 0.25) is 0 Å².